The summed E-state index contributed by atoms with van der Waals surface area (Å²) in [7, 11) is 0. The molecule has 0 fully saturated rings. The Labute approximate surface area is 182 Å². The highest BCUT2D eigenvalue weighted by molar-refractivity contribution is 14.0. The largest absolute Gasteiger partial charge is 0.382 e. The van der Waals surface area contributed by atoms with Gasteiger partial charge in [0.25, 0.3) is 5.91 Å². The smallest absolute Gasteiger partial charge is 0.251 e. The molecular formula is C17H27Cl2IN4O2. The Kier molecular flexibility index (Phi) is 14.9. The maximum absolute atomic E-state index is 12.1. The molecule has 0 saturated carbocycles. The molecule has 0 unspecified atom stereocenters. The number of halogens is 3. The van der Waals surface area contributed by atoms with Gasteiger partial charge < -0.3 is 20.7 Å². The molecule has 0 aliphatic heterocycles. The van der Waals surface area contributed by atoms with E-state index in [1.165, 1.54) is 0 Å². The molecule has 0 radical (unpaired) electrons. The number of benzene rings is 1. The van der Waals surface area contributed by atoms with Crippen molar-refractivity contribution < 1.29 is 9.53 Å². The van der Waals surface area contributed by atoms with Gasteiger partial charge in [0.1, 0.15) is 0 Å². The number of hydrogen-bond donors (Lipinski definition) is 3. The van der Waals surface area contributed by atoms with Gasteiger partial charge in [-0.25, -0.2) is 0 Å². The van der Waals surface area contributed by atoms with Gasteiger partial charge in [-0.3, -0.25) is 9.79 Å². The number of amides is 1. The first-order valence-corrected chi connectivity index (χ1v) is 9.17. The monoisotopic (exact) mass is 516 g/mol. The average molecular weight is 517 g/mol. The van der Waals surface area contributed by atoms with Crippen molar-refractivity contribution in [1.82, 2.24) is 16.0 Å². The molecule has 0 bridgehead atoms. The molecule has 0 aliphatic rings. The lowest BCUT2D eigenvalue weighted by Gasteiger charge is -2.12. The van der Waals surface area contributed by atoms with Crippen LogP contribution >= 0.6 is 47.2 Å². The second kappa shape index (κ2) is 15.3. The van der Waals surface area contributed by atoms with Gasteiger partial charge in [-0.05, 0) is 38.5 Å². The van der Waals surface area contributed by atoms with E-state index in [9.17, 15) is 4.79 Å². The van der Waals surface area contributed by atoms with E-state index in [0.717, 1.165) is 25.5 Å². The third-order valence-electron chi connectivity index (χ3n) is 3.15. The Morgan fingerprint density at radius 2 is 1.85 bits per heavy atom. The molecule has 0 heterocycles. The predicted octanol–water partition coefficient (Wildman–Crippen LogP) is 3.32. The lowest BCUT2D eigenvalue weighted by Crippen LogP contribution is -2.41. The quantitative estimate of drug-likeness (QED) is 0.193. The van der Waals surface area contributed by atoms with E-state index >= 15 is 0 Å². The molecule has 3 N–H and O–H groups in total. The van der Waals surface area contributed by atoms with Gasteiger partial charge in [0.2, 0.25) is 0 Å². The van der Waals surface area contributed by atoms with E-state index in [1.54, 1.807) is 18.2 Å². The molecule has 0 saturated heterocycles. The maximum atomic E-state index is 12.1. The van der Waals surface area contributed by atoms with Crippen LogP contribution in [0.25, 0.3) is 0 Å². The second-order valence-electron chi connectivity index (χ2n) is 5.12. The van der Waals surface area contributed by atoms with Crippen LogP contribution in [0.4, 0.5) is 0 Å². The summed E-state index contributed by atoms with van der Waals surface area (Å²) in [6.45, 7) is 7.88. The number of ether oxygens (including phenoxy) is 1. The highest BCUT2D eigenvalue weighted by Crippen LogP contribution is 2.22. The minimum Gasteiger partial charge on any atom is -0.382 e. The minimum atomic E-state index is -0.195. The number of hydrogen-bond acceptors (Lipinski definition) is 3. The fraction of sp³-hybridized carbons (Fsp3) is 0.529. The number of nitrogens with zero attached hydrogens (tertiary/aromatic N) is 1. The zero-order chi connectivity index (χ0) is 18.5. The Balaban J connectivity index is 0.00000625. The fourth-order valence-corrected chi connectivity index (χ4v) is 2.24. The van der Waals surface area contributed by atoms with Gasteiger partial charge in [-0.1, -0.05) is 23.2 Å². The standard InChI is InChI=1S/C17H26Cl2N4O2.HI/c1-3-20-17(22-8-5-11-25-4-2)23-10-9-21-16(24)13-6-7-14(18)15(19)12-13;/h6-7,12H,3-5,8-11H2,1-2H3,(H,21,24)(H2,20,22,23);1H. The highest BCUT2D eigenvalue weighted by atomic mass is 127. The summed E-state index contributed by atoms with van der Waals surface area (Å²) in [5.41, 5.74) is 0.478. The SMILES string of the molecule is CCNC(=NCCCOCC)NCCNC(=O)c1ccc(Cl)c(Cl)c1.I. The van der Waals surface area contributed by atoms with Crippen LogP contribution in [0.3, 0.4) is 0 Å². The minimum absolute atomic E-state index is 0. The molecule has 148 valence electrons. The van der Waals surface area contributed by atoms with Crippen molar-refractivity contribution in [2.75, 3.05) is 39.4 Å². The average Bonchev–Trinajstić information content (AvgIpc) is 2.60. The van der Waals surface area contributed by atoms with Crippen LogP contribution in [-0.2, 0) is 4.74 Å². The molecule has 1 rings (SSSR count). The van der Waals surface area contributed by atoms with Gasteiger partial charge >= 0.3 is 0 Å². The summed E-state index contributed by atoms with van der Waals surface area (Å²) in [4.78, 5) is 16.5. The maximum Gasteiger partial charge on any atom is 0.251 e. The summed E-state index contributed by atoms with van der Waals surface area (Å²) in [6, 6.07) is 4.80. The third kappa shape index (κ3) is 10.4. The first-order chi connectivity index (χ1) is 12.1. The number of carbonyl (C=O) groups excluding carboxylic acids is 1. The van der Waals surface area contributed by atoms with Crippen molar-refractivity contribution >= 4 is 59.0 Å². The topological polar surface area (TPSA) is 74.8 Å². The third-order valence-corrected chi connectivity index (χ3v) is 3.89. The number of guanidine groups is 1. The van der Waals surface area contributed by atoms with Crippen LogP contribution in [0.5, 0.6) is 0 Å². The first kappa shape index (κ1) is 25.2. The lowest BCUT2D eigenvalue weighted by atomic mass is 10.2. The molecule has 26 heavy (non-hydrogen) atoms. The Bertz CT molecular complexity index is 574. The van der Waals surface area contributed by atoms with Crippen molar-refractivity contribution in [3.8, 4) is 0 Å². The van der Waals surface area contributed by atoms with E-state index < -0.39 is 0 Å². The zero-order valence-corrected chi connectivity index (χ0v) is 19.0. The molecule has 1 amide bonds. The second-order valence-corrected chi connectivity index (χ2v) is 5.94. The summed E-state index contributed by atoms with van der Waals surface area (Å²) < 4.78 is 5.28. The van der Waals surface area contributed by atoms with E-state index in [1.807, 2.05) is 13.8 Å². The van der Waals surface area contributed by atoms with Gasteiger partial charge in [0.05, 0.1) is 10.0 Å². The Morgan fingerprint density at radius 3 is 2.50 bits per heavy atom. The molecule has 0 spiro atoms. The normalized spacial score (nSPS) is 10.8. The number of nitrogens with one attached hydrogen (secondary N) is 3. The molecular weight excluding hydrogens is 490 g/mol. The molecule has 1 aromatic rings. The molecule has 0 aromatic heterocycles. The van der Waals surface area contributed by atoms with Crippen molar-refractivity contribution in [3.63, 3.8) is 0 Å². The highest BCUT2D eigenvalue weighted by Gasteiger charge is 2.07. The summed E-state index contributed by atoms with van der Waals surface area (Å²) in [6.07, 6.45) is 0.873. The Morgan fingerprint density at radius 1 is 1.12 bits per heavy atom. The van der Waals surface area contributed by atoms with Crippen molar-refractivity contribution in [2.45, 2.75) is 20.3 Å². The summed E-state index contributed by atoms with van der Waals surface area (Å²) in [5.74, 6) is 0.529. The first-order valence-electron chi connectivity index (χ1n) is 8.41. The van der Waals surface area contributed by atoms with E-state index in [4.69, 9.17) is 27.9 Å². The van der Waals surface area contributed by atoms with E-state index in [-0.39, 0.29) is 29.9 Å². The van der Waals surface area contributed by atoms with Gasteiger partial charge in [0, 0.05) is 45.0 Å². The summed E-state index contributed by atoms with van der Waals surface area (Å²) >= 11 is 11.8. The van der Waals surface area contributed by atoms with Crippen LogP contribution < -0.4 is 16.0 Å². The van der Waals surface area contributed by atoms with Crippen molar-refractivity contribution in [3.05, 3.63) is 33.8 Å². The molecule has 0 aliphatic carbocycles. The fourth-order valence-electron chi connectivity index (χ4n) is 1.94. The van der Waals surface area contributed by atoms with Crippen LogP contribution in [0.15, 0.2) is 23.2 Å². The lowest BCUT2D eigenvalue weighted by molar-refractivity contribution is 0.0954. The van der Waals surface area contributed by atoms with Crippen LogP contribution in [-0.4, -0.2) is 51.3 Å². The number of carbonyl (C=O) groups is 1. The van der Waals surface area contributed by atoms with E-state index in [0.29, 0.717) is 41.8 Å². The van der Waals surface area contributed by atoms with E-state index in [2.05, 4.69) is 20.9 Å². The molecule has 9 heteroatoms. The van der Waals surface area contributed by atoms with Crippen LogP contribution in [0.2, 0.25) is 10.0 Å². The van der Waals surface area contributed by atoms with Gasteiger partial charge in [-0.15, -0.1) is 24.0 Å². The van der Waals surface area contributed by atoms with Crippen molar-refractivity contribution in [2.24, 2.45) is 4.99 Å². The van der Waals surface area contributed by atoms with Crippen LogP contribution in [0.1, 0.15) is 30.6 Å². The molecule has 0 atom stereocenters. The summed E-state index contributed by atoms with van der Waals surface area (Å²) in [5, 5.41) is 9.95. The Hall–Kier alpha value is -0.770. The number of aliphatic imine (C=N–C) groups is 1. The number of rotatable bonds is 10. The van der Waals surface area contributed by atoms with Crippen molar-refractivity contribution in [1.29, 1.82) is 0 Å². The zero-order valence-electron chi connectivity index (χ0n) is 15.1. The van der Waals surface area contributed by atoms with Crippen LogP contribution in [0, 0.1) is 0 Å². The van der Waals surface area contributed by atoms with Gasteiger partial charge in [0.15, 0.2) is 5.96 Å². The molecule has 6 nitrogen and oxygen atoms in total. The molecule has 1 aromatic carbocycles. The van der Waals surface area contributed by atoms with Gasteiger partial charge in [-0.2, -0.15) is 0 Å². The predicted molar refractivity (Wildman–Crippen MR) is 119 cm³/mol.